The van der Waals surface area contributed by atoms with Gasteiger partial charge in [0.1, 0.15) is 11.5 Å². The number of thioether (sulfide) groups is 1. The number of ether oxygens (including phenoxy) is 1. The molecule has 0 fully saturated rings. The number of benzene rings is 3. The second-order valence-corrected chi connectivity index (χ2v) is 7.82. The van der Waals surface area contributed by atoms with Gasteiger partial charge in [0.2, 0.25) is 0 Å². The van der Waals surface area contributed by atoms with Gasteiger partial charge in [-0.2, -0.15) is 5.10 Å². The molecule has 2 N–H and O–H groups in total. The predicted molar refractivity (Wildman–Crippen MR) is 128 cm³/mol. The van der Waals surface area contributed by atoms with Gasteiger partial charge in [-0.1, -0.05) is 54.2 Å². The van der Waals surface area contributed by atoms with Crippen molar-refractivity contribution in [2.45, 2.75) is 5.16 Å². The number of phenolic OH excluding ortho intramolecular Hbond substituents is 1. The normalized spacial score (nSPS) is 10.9. The van der Waals surface area contributed by atoms with Crippen LogP contribution in [0.2, 0.25) is 0 Å². The summed E-state index contributed by atoms with van der Waals surface area (Å²) in [6.07, 6.45) is 1.47. The zero-order valence-electron chi connectivity index (χ0n) is 17.8. The second-order valence-electron chi connectivity index (χ2n) is 6.88. The molecule has 4 rings (SSSR count). The van der Waals surface area contributed by atoms with Crippen LogP contribution in [0.3, 0.4) is 0 Å². The number of nitrogens with zero attached hydrogens (tertiary/aromatic N) is 4. The molecule has 0 spiro atoms. The van der Waals surface area contributed by atoms with Crippen LogP contribution in [0.4, 0.5) is 0 Å². The number of nitrogens with one attached hydrogen (secondary N) is 1. The Balaban J connectivity index is 1.51. The summed E-state index contributed by atoms with van der Waals surface area (Å²) < 4.78 is 7.17. The minimum Gasteiger partial charge on any atom is -0.508 e. The van der Waals surface area contributed by atoms with Crippen molar-refractivity contribution < 1.29 is 14.6 Å². The minimum atomic E-state index is -0.290. The van der Waals surface area contributed by atoms with E-state index in [-0.39, 0.29) is 17.4 Å². The van der Waals surface area contributed by atoms with Crippen molar-refractivity contribution in [1.29, 1.82) is 0 Å². The van der Waals surface area contributed by atoms with Crippen LogP contribution in [0.1, 0.15) is 5.56 Å². The fourth-order valence-corrected chi connectivity index (χ4v) is 3.79. The molecule has 33 heavy (non-hydrogen) atoms. The van der Waals surface area contributed by atoms with E-state index in [2.05, 4.69) is 20.7 Å². The van der Waals surface area contributed by atoms with Gasteiger partial charge in [0.15, 0.2) is 11.0 Å². The molecular weight excluding hydrogens is 438 g/mol. The van der Waals surface area contributed by atoms with Crippen molar-refractivity contribution >= 4 is 23.9 Å². The first-order valence-electron chi connectivity index (χ1n) is 10.0. The highest BCUT2D eigenvalue weighted by Gasteiger charge is 2.17. The maximum Gasteiger partial charge on any atom is 0.250 e. The predicted octanol–water partition coefficient (Wildman–Crippen LogP) is 3.89. The van der Waals surface area contributed by atoms with Crippen LogP contribution in [0.25, 0.3) is 17.1 Å². The molecule has 0 unspecified atom stereocenters. The first-order valence-corrected chi connectivity index (χ1v) is 11.0. The Morgan fingerprint density at radius 1 is 1.09 bits per heavy atom. The monoisotopic (exact) mass is 459 g/mol. The third kappa shape index (κ3) is 5.58. The van der Waals surface area contributed by atoms with E-state index >= 15 is 0 Å². The largest absolute Gasteiger partial charge is 0.508 e. The molecule has 8 nitrogen and oxygen atoms in total. The number of phenols is 1. The number of aromatic hydroxyl groups is 1. The van der Waals surface area contributed by atoms with Gasteiger partial charge >= 0.3 is 0 Å². The smallest absolute Gasteiger partial charge is 0.250 e. The van der Waals surface area contributed by atoms with Crippen LogP contribution in [0, 0.1) is 0 Å². The lowest BCUT2D eigenvalue weighted by Gasteiger charge is -2.11. The van der Waals surface area contributed by atoms with Gasteiger partial charge in [0, 0.05) is 11.3 Å². The van der Waals surface area contributed by atoms with E-state index in [0.29, 0.717) is 16.5 Å². The topological polar surface area (TPSA) is 102 Å². The summed E-state index contributed by atoms with van der Waals surface area (Å²) >= 11 is 1.26. The molecule has 0 saturated carbocycles. The van der Waals surface area contributed by atoms with Crippen molar-refractivity contribution in [3.63, 3.8) is 0 Å². The summed E-state index contributed by atoms with van der Waals surface area (Å²) in [4.78, 5) is 12.3. The highest BCUT2D eigenvalue weighted by molar-refractivity contribution is 7.99. The minimum absolute atomic E-state index is 0.0977. The van der Waals surface area contributed by atoms with Gasteiger partial charge in [-0.3, -0.25) is 9.36 Å². The first-order chi connectivity index (χ1) is 16.1. The Morgan fingerprint density at radius 3 is 2.61 bits per heavy atom. The molecule has 0 saturated heterocycles. The molecule has 0 bridgehead atoms. The van der Waals surface area contributed by atoms with Crippen LogP contribution in [-0.4, -0.2) is 44.9 Å². The number of hydrogen-bond donors (Lipinski definition) is 2. The molecule has 0 radical (unpaired) electrons. The quantitative estimate of drug-likeness (QED) is 0.235. The summed E-state index contributed by atoms with van der Waals surface area (Å²) in [5, 5.41) is 22.7. The zero-order valence-corrected chi connectivity index (χ0v) is 18.6. The Labute approximate surface area is 194 Å². The van der Waals surface area contributed by atoms with E-state index in [9.17, 15) is 9.90 Å². The molecule has 3 aromatic carbocycles. The van der Waals surface area contributed by atoms with Gasteiger partial charge < -0.3 is 9.84 Å². The van der Waals surface area contributed by atoms with Crippen molar-refractivity contribution in [3.8, 4) is 28.6 Å². The van der Waals surface area contributed by atoms with E-state index in [4.69, 9.17) is 4.74 Å². The van der Waals surface area contributed by atoms with Gasteiger partial charge in [-0.25, -0.2) is 5.43 Å². The average molecular weight is 460 g/mol. The van der Waals surface area contributed by atoms with Crippen molar-refractivity contribution in [2.24, 2.45) is 5.10 Å². The Morgan fingerprint density at radius 2 is 1.88 bits per heavy atom. The second kappa shape index (κ2) is 10.5. The zero-order chi connectivity index (χ0) is 23.0. The molecule has 1 heterocycles. The number of aromatic nitrogens is 3. The Kier molecular flexibility index (Phi) is 7.01. The highest BCUT2D eigenvalue weighted by atomic mass is 32.2. The van der Waals surface area contributed by atoms with Crippen LogP contribution >= 0.6 is 11.8 Å². The summed E-state index contributed by atoms with van der Waals surface area (Å²) in [6.45, 7) is 0. The average Bonchev–Trinajstić information content (AvgIpc) is 3.27. The Bertz CT molecular complexity index is 1260. The first kappa shape index (κ1) is 22.1. The molecule has 1 amide bonds. The lowest BCUT2D eigenvalue weighted by Crippen LogP contribution is -2.20. The lowest BCUT2D eigenvalue weighted by molar-refractivity contribution is -0.118. The molecule has 1 aromatic heterocycles. The molecule has 0 aliphatic carbocycles. The van der Waals surface area contributed by atoms with Gasteiger partial charge in [0.05, 0.1) is 19.1 Å². The number of hydrogen-bond acceptors (Lipinski definition) is 7. The third-order valence-corrected chi connectivity index (χ3v) is 5.53. The van der Waals surface area contributed by atoms with Crippen molar-refractivity contribution in [3.05, 3.63) is 84.4 Å². The molecule has 0 aliphatic rings. The molecule has 9 heteroatoms. The van der Waals surface area contributed by atoms with Crippen LogP contribution in [0.5, 0.6) is 11.5 Å². The fraction of sp³-hybridized carbons (Fsp3) is 0.0833. The molecule has 4 aromatic rings. The molecule has 0 aliphatic heterocycles. The number of rotatable bonds is 8. The summed E-state index contributed by atoms with van der Waals surface area (Å²) in [5.74, 6) is 1.35. The molecule has 0 atom stereocenters. The maximum atomic E-state index is 12.3. The van der Waals surface area contributed by atoms with E-state index in [1.807, 2.05) is 59.2 Å². The number of carbonyl (C=O) groups excluding carboxylic acids is 1. The number of amides is 1. The van der Waals surface area contributed by atoms with Crippen molar-refractivity contribution in [2.75, 3.05) is 12.9 Å². The third-order valence-electron chi connectivity index (χ3n) is 4.60. The molecule has 166 valence electrons. The maximum absolute atomic E-state index is 12.3. The van der Waals surface area contributed by atoms with E-state index < -0.39 is 0 Å². The fourth-order valence-electron chi connectivity index (χ4n) is 3.05. The van der Waals surface area contributed by atoms with Gasteiger partial charge in [-0.15, -0.1) is 10.2 Å². The SMILES string of the molecule is COc1ccc(-n2c(SCC(=O)NN=Cc3cccc(O)c3)nnc2-c2ccccc2)cc1. The van der Waals surface area contributed by atoms with E-state index in [0.717, 1.165) is 17.0 Å². The van der Waals surface area contributed by atoms with Gasteiger partial charge in [-0.05, 0) is 42.0 Å². The summed E-state index contributed by atoms with van der Waals surface area (Å²) in [7, 11) is 1.62. The summed E-state index contributed by atoms with van der Waals surface area (Å²) in [5.41, 5.74) is 4.92. The van der Waals surface area contributed by atoms with E-state index in [1.165, 1.54) is 18.0 Å². The van der Waals surface area contributed by atoms with Crippen molar-refractivity contribution in [1.82, 2.24) is 20.2 Å². The van der Waals surface area contributed by atoms with E-state index in [1.54, 1.807) is 31.4 Å². The number of carbonyl (C=O) groups is 1. The number of hydrazone groups is 1. The van der Waals surface area contributed by atoms with Crippen LogP contribution in [0.15, 0.2) is 89.1 Å². The highest BCUT2D eigenvalue weighted by Crippen LogP contribution is 2.28. The lowest BCUT2D eigenvalue weighted by atomic mass is 10.2. The molecular formula is C24H21N5O3S. The van der Waals surface area contributed by atoms with Crippen LogP contribution in [-0.2, 0) is 4.79 Å². The van der Waals surface area contributed by atoms with Gasteiger partial charge in [0.25, 0.3) is 5.91 Å². The number of methoxy groups -OCH3 is 1. The Hall–Kier alpha value is -4.11. The van der Waals surface area contributed by atoms with Crippen LogP contribution < -0.4 is 10.2 Å². The summed E-state index contributed by atoms with van der Waals surface area (Å²) in [6, 6.07) is 23.9. The standard InChI is InChI=1S/C24H21N5O3S/c1-32-21-12-10-19(11-13-21)29-23(18-7-3-2-4-8-18)27-28-24(29)33-16-22(31)26-25-15-17-6-5-9-20(30)14-17/h2-15,30H,16H2,1H3,(H,26,31).